The third-order valence-electron chi connectivity index (χ3n) is 3.94. The maximum Gasteiger partial charge on any atom is 0.471 e. The first-order chi connectivity index (χ1) is 11.3. The fourth-order valence-corrected chi connectivity index (χ4v) is 2.79. The zero-order chi connectivity index (χ0) is 17.7. The largest absolute Gasteiger partial charge is 0.496 e. The normalized spacial score (nSPS) is 17.7. The van der Waals surface area contributed by atoms with Crippen LogP contribution in [0.1, 0.15) is 18.4 Å². The van der Waals surface area contributed by atoms with Crippen LogP contribution in [0, 0.1) is 0 Å². The molecule has 0 bridgehead atoms. The predicted molar refractivity (Wildman–Crippen MR) is 80.5 cm³/mol. The Bertz CT molecular complexity index is 604. The van der Waals surface area contributed by atoms with Crippen LogP contribution in [0.25, 0.3) is 0 Å². The number of hydrogen-bond donors (Lipinski definition) is 1. The Morgan fingerprint density at radius 3 is 2.71 bits per heavy atom. The van der Waals surface area contributed by atoms with Crippen molar-refractivity contribution in [2.24, 2.45) is 0 Å². The number of amides is 2. The quantitative estimate of drug-likeness (QED) is 0.888. The predicted octanol–water partition coefficient (Wildman–Crippen LogP) is 1.91. The zero-order valence-electron chi connectivity index (χ0n) is 13.2. The van der Waals surface area contributed by atoms with Gasteiger partial charge in [0.25, 0.3) is 0 Å². The van der Waals surface area contributed by atoms with Crippen molar-refractivity contribution in [1.29, 1.82) is 0 Å². The average molecular weight is 344 g/mol. The molecule has 24 heavy (non-hydrogen) atoms. The van der Waals surface area contributed by atoms with Gasteiger partial charge in [-0.2, -0.15) is 13.2 Å². The summed E-state index contributed by atoms with van der Waals surface area (Å²) in [5, 5.41) is 2.60. The van der Waals surface area contributed by atoms with Crippen LogP contribution in [-0.2, 0) is 16.0 Å². The minimum atomic E-state index is -4.96. The van der Waals surface area contributed by atoms with E-state index >= 15 is 0 Å². The number of nitrogens with zero attached hydrogens (tertiary/aromatic N) is 1. The summed E-state index contributed by atoms with van der Waals surface area (Å²) in [6, 6.07) is 6.23. The zero-order valence-corrected chi connectivity index (χ0v) is 13.2. The molecule has 1 aliphatic heterocycles. The van der Waals surface area contributed by atoms with Crippen LogP contribution < -0.4 is 10.1 Å². The fourth-order valence-electron chi connectivity index (χ4n) is 2.79. The highest BCUT2D eigenvalue weighted by Crippen LogP contribution is 2.25. The molecule has 0 saturated carbocycles. The molecule has 1 aromatic carbocycles. The first-order valence-corrected chi connectivity index (χ1v) is 7.62. The molecule has 1 N–H and O–H groups in total. The molecule has 1 fully saturated rings. The molecule has 0 aromatic heterocycles. The van der Waals surface area contributed by atoms with Gasteiger partial charge >= 0.3 is 12.1 Å². The molecule has 0 aliphatic carbocycles. The summed E-state index contributed by atoms with van der Waals surface area (Å²) < 4.78 is 42.9. The molecule has 0 radical (unpaired) electrons. The number of benzene rings is 1. The molecule has 2 amide bonds. The number of alkyl halides is 3. The van der Waals surface area contributed by atoms with Crippen molar-refractivity contribution in [1.82, 2.24) is 10.2 Å². The number of carbonyl (C=O) groups is 2. The Hall–Kier alpha value is -2.25. The highest BCUT2D eigenvalue weighted by molar-refractivity contribution is 5.90. The number of para-hydroxylation sites is 1. The summed E-state index contributed by atoms with van der Waals surface area (Å²) >= 11 is 0. The summed E-state index contributed by atoms with van der Waals surface area (Å²) in [7, 11) is 1.54. The standard InChI is InChI=1S/C16H19F3N2O3/c1-24-13-7-3-2-5-11(13)8-9-20-14(22)12-6-4-10-21(12)15(23)16(17,18)19/h2-3,5,7,12H,4,6,8-10H2,1H3,(H,20,22). The molecule has 1 aromatic rings. The maximum absolute atomic E-state index is 12.6. The second-order valence-corrected chi connectivity index (χ2v) is 5.51. The lowest BCUT2D eigenvalue weighted by Crippen LogP contribution is -2.50. The van der Waals surface area contributed by atoms with Crippen molar-refractivity contribution in [3.8, 4) is 5.75 Å². The summed E-state index contributed by atoms with van der Waals surface area (Å²) in [6.45, 7) is 0.201. The lowest BCUT2D eigenvalue weighted by molar-refractivity contribution is -0.186. The van der Waals surface area contributed by atoms with E-state index in [0.717, 1.165) is 5.56 Å². The third kappa shape index (κ3) is 4.18. The van der Waals surface area contributed by atoms with Crippen LogP contribution in [0.5, 0.6) is 5.75 Å². The van der Waals surface area contributed by atoms with Gasteiger partial charge in [0.15, 0.2) is 0 Å². The second-order valence-electron chi connectivity index (χ2n) is 5.51. The van der Waals surface area contributed by atoms with E-state index in [1.165, 1.54) is 7.11 Å². The first kappa shape index (κ1) is 18.1. The second kappa shape index (κ2) is 7.55. The van der Waals surface area contributed by atoms with Crippen molar-refractivity contribution in [2.75, 3.05) is 20.2 Å². The number of halogens is 3. The highest BCUT2D eigenvalue weighted by Gasteiger charge is 2.47. The molecule has 5 nitrogen and oxygen atoms in total. The molecule has 1 atom stereocenters. The van der Waals surface area contributed by atoms with Gasteiger partial charge in [-0.25, -0.2) is 0 Å². The van der Waals surface area contributed by atoms with Gasteiger partial charge in [0.2, 0.25) is 5.91 Å². The Labute approximate surface area is 137 Å². The smallest absolute Gasteiger partial charge is 0.471 e. The maximum atomic E-state index is 12.6. The SMILES string of the molecule is COc1ccccc1CCNC(=O)C1CCCN1C(=O)C(F)(F)F. The molecule has 1 heterocycles. The van der Waals surface area contributed by atoms with Gasteiger partial charge in [-0.05, 0) is 30.9 Å². The molecule has 1 aliphatic rings. The van der Waals surface area contributed by atoms with Gasteiger partial charge in [-0.15, -0.1) is 0 Å². The molecular formula is C16H19F3N2O3. The topological polar surface area (TPSA) is 58.6 Å². The first-order valence-electron chi connectivity index (χ1n) is 7.62. The van der Waals surface area contributed by atoms with E-state index in [9.17, 15) is 22.8 Å². The van der Waals surface area contributed by atoms with Crippen molar-refractivity contribution >= 4 is 11.8 Å². The Balaban J connectivity index is 1.91. The monoisotopic (exact) mass is 344 g/mol. The molecule has 0 spiro atoms. The lowest BCUT2D eigenvalue weighted by atomic mass is 10.1. The molecule has 1 unspecified atom stereocenters. The molecule has 1 saturated heterocycles. The number of likely N-dealkylation sites (tertiary alicyclic amines) is 1. The van der Waals surface area contributed by atoms with Crippen LogP contribution in [0.2, 0.25) is 0 Å². The van der Waals surface area contributed by atoms with Crippen LogP contribution in [0.4, 0.5) is 13.2 Å². The Morgan fingerprint density at radius 2 is 2.04 bits per heavy atom. The van der Waals surface area contributed by atoms with E-state index in [1.807, 2.05) is 18.2 Å². The third-order valence-corrected chi connectivity index (χ3v) is 3.94. The minimum Gasteiger partial charge on any atom is -0.496 e. The minimum absolute atomic E-state index is 0.0526. The van der Waals surface area contributed by atoms with E-state index in [4.69, 9.17) is 4.74 Å². The number of ether oxygens (including phenoxy) is 1. The lowest BCUT2D eigenvalue weighted by Gasteiger charge is -2.24. The number of carbonyl (C=O) groups excluding carboxylic acids is 2. The van der Waals surface area contributed by atoms with E-state index in [0.29, 0.717) is 23.5 Å². The van der Waals surface area contributed by atoms with Gasteiger partial charge in [-0.1, -0.05) is 18.2 Å². The van der Waals surface area contributed by atoms with E-state index in [2.05, 4.69) is 5.32 Å². The van der Waals surface area contributed by atoms with Crippen molar-refractivity contribution in [2.45, 2.75) is 31.5 Å². The van der Waals surface area contributed by atoms with Gasteiger partial charge in [0.1, 0.15) is 11.8 Å². The van der Waals surface area contributed by atoms with E-state index in [-0.39, 0.29) is 19.5 Å². The molecule has 2 rings (SSSR count). The van der Waals surface area contributed by atoms with Gasteiger partial charge in [0, 0.05) is 13.1 Å². The fraction of sp³-hybridized carbons (Fsp3) is 0.500. The van der Waals surface area contributed by atoms with Crippen molar-refractivity contribution in [3.63, 3.8) is 0 Å². The van der Waals surface area contributed by atoms with Gasteiger partial charge in [0.05, 0.1) is 7.11 Å². The highest BCUT2D eigenvalue weighted by atomic mass is 19.4. The van der Waals surface area contributed by atoms with E-state index in [1.54, 1.807) is 6.07 Å². The van der Waals surface area contributed by atoms with Crippen LogP contribution in [0.15, 0.2) is 24.3 Å². The summed E-state index contributed by atoms with van der Waals surface area (Å²) in [4.78, 5) is 24.1. The number of hydrogen-bond acceptors (Lipinski definition) is 3. The number of methoxy groups -OCH3 is 1. The van der Waals surface area contributed by atoms with Crippen LogP contribution in [0.3, 0.4) is 0 Å². The summed E-state index contributed by atoms with van der Waals surface area (Å²) in [5.41, 5.74) is 0.884. The Morgan fingerprint density at radius 1 is 1.33 bits per heavy atom. The summed E-state index contributed by atoms with van der Waals surface area (Å²) in [5.74, 6) is -1.83. The van der Waals surface area contributed by atoms with Crippen LogP contribution >= 0.6 is 0 Å². The Kier molecular flexibility index (Phi) is 5.69. The number of rotatable bonds is 5. The van der Waals surface area contributed by atoms with E-state index < -0.39 is 24.0 Å². The summed E-state index contributed by atoms with van der Waals surface area (Å²) in [6.07, 6.45) is -3.86. The molecular weight excluding hydrogens is 325 g/mol. The van der Waals surface area contributed by atoms with Gasteiger partial charge < -0.3 is 15.0 Å². The van der Waals surface area contributed by atoms with Gasteiger partial charge in [-0.3, -0.25) is 9.59 Å². The van der Waals surface area contributed by atoms with Crippen molar-refractivity contribution in [3.05, 3.63) is 29.8 Å². The van der Waals surface area contributed by atoms with Crippen LogP contribution in [-0.4, -0.2) is 49.1 Å². The molecule has 132 valence electrons. The van der Waals surface area contributed by atoms with Crippen molar-refractivity contribution < 1.29 is 27.5 Å². The molecule has 8 heteroatoms. The number of nitrogens with one attached hydrogen (secondary N) is 1. The average Bonchev–Trinajstić information content (AvgIpc) is 3.03.